The van der Waals surface area contributed by atoms with Gasteiger partial charge in [0.25, 0.3) is 5.91 Å². The van der Waals surface area contributed by atoms with Gasteiger partial charge in [0.15, 0.2) is 0 Å². The Balaban J connectivity index is 1.63. The highest BCUT2D eigenvalue weighted by molar-refractivity contribution is 5.98. The highest BCUT2D eigenvalue weighted by atomic mass is 16.6. The van der Waals surface area contributed by atoms with E-state index in [1.165, 1.54) is 0 Å². The molecule has 2 aliphatic rings. The zero-order chi connectivity index (χ0) is 27.3. The molecule has 2 aromatic rings. The second-order valence-electron chi connectivity index (χ2n) is 11.2. The Kier molecular flexibility index (Phi) is 9.07. The summed E-state index contributed by atoms with van der Waals surface area (Å²) in [5, 5.41) is 12.5. The van der Waals surface area contributed by atoms with Crippen LogP contribution in [0.1, 0.15) is 68.4 Å². The Morgan fingerprint density at radius 2 is 1.58 bits per heavy atom. The first-order valence-electron chi connectivity index (χ1n) is 13.4. The number of carbonyl (C=O) groups is 2. The third kappa shape index (κ3) is 6.92. The maximum Gasteiger partial charge on any atom is 0.254 e. The number of benzene rings is 2. The lowest BCUT2D eigenvalue weighted by atomic mass is 9.99. The predicted octanol–water partition coefficient (Wildman–Crippen LogP) is 3.88. The molecule has 1 unspecified atom stereocenters. The molecule has 0 spiro atoms. The van der Waals surface area contributed by atoms with Crippen molar-refractivity contribution in [1.29, 1.82) is 0 Å². The highest BCUT2D eigenvalue weighted by Crippen LogP contribution is 2.33. The number of aliphatic hydroxyl groups is 1. The molecule has 2 fully saturated rings. The molecular weight excluding hydrogens is 484 g/mol. The fraction of sp³-hybridized carbons (Fsp3) is 0.533. The second kappa shape index (κ2) is 12.3. The molecule has 8 heteroatoms. The average Bonchev–Trinajstić information content (AvgIpc) is 3.57. The van der Waals surface area contributed by atoms with E-state index in [-0.39, 0.29) is 49.4 Å². The van der Waals surface area contributed by atoms with Crippen LogP contribution in [-0.2, 0) is 14.3 Å². The maximum absolute atomic E-state index is 14.0. The van der Waals surface area contributed by atoms with Gasteiger partial charge in [0.1, 0.15) is 11.8 Å². The van der Waals surface area contributed by atoms with E-state index in [1.807, 2.05) is 51.1 Å². The Labute approximate surface area is 225 Å². The molecule has 2 saturated heterocycles. The fourth-order valence-electron chi connectivity index (χ4n) is 5.25. The van der Waals surface area contributed by atoms with Crippen LogP contribution in [0.15, 0.2) is 54.6 Å². The van der Waals surface area contributed by atoms with Crippen molar-refractivity contribution in [2.45, 2.75) is 82.5 Å². The van der Waals surface area contributed by atoms with Crippen molar-refractivity contribution in [3.8, 4) is 5.75 Å². The summed E-state index contributed by atoms with van der Waals surface area (Å²) in [6, 6.07) is 15.4. The Morgan fingerprint density at radius 3 is 2.13 bits per heavy atom. The van der Waals surface area contributed by atoms with Crippen molar-refractivity contribution in [3.63, 3.8) is 0 Å². The molecule has 0 aliphatic carbocycles. The van der Waals surface area contributed by atoms with Crippen molar-refractivity contribution in [2.75, 3.05) is 20.3 Å². The molecule has 0 aromatic heterocycles. The largest absolute Gasteiger partial charge is 0.497 e. The first kappa shape index (κ1) is 28.1. The lowest BCUT2D eigenvalue weighted by Gasteiger charge is -2.35. The van der Waals surface area contributed by atoms with Gasteiger partial charge >= 0.3 is 0 Å². The van der Waals surface area contributed by atoms with Crippen LogP contribution in [0, 0.1) is 0 Å². The number of carbonyl (C=O) groups excluding carboxylic acids is 2. The molecule has 2 amide bonds. The summed E-state index contributed by atoms with van der Waals surface area (Å²) in [7, 11) is 1.59. The number of nitrogens with zero attached hydrogens (tertiary/aromatic N) is 1. The Hall–Kier alpha value is -2.94. The van der Waals surface area contributed by atoms with Gasteiger partial charge in [0.2, 0.25) is 5.91 Å². The lowest BCUT2D eigenvalue weighted by molar-refractivity contribution is -0.128. The number of hydrogen-bond donors (Lipinski definition) is 2. The summed E-state index contributed by atoms with van der Waals surface area (Å²) in [6.45, 7) is 6.04. The van der Waals surface area contributed by atoms with Gasteiger partial charge in [-0.05, 0) is 76.3 Å². The molecule has 0 radical (unpaired) electrons. The number of methoxy groups -OCH3 is 1. The molecule has 38 heavy (non-hydrogen) atoms. The molecule has 0 saturated carbocycles. The van der Waals surface area contributed by atoms with Crippen LogP contribution in [0.2, 0.25) is 0 Å². The minimum atomic E-state index is -0.864. The molecule has 2 aromatic carbocycles. The number of aliphatic hydroxyl groups excluding tert-OH is 1. The van der Waals surface area contributed by atoms with E-state index >= 15 is 0 Å². The van der Waals surface area contributed by atoms with Crippen molar-refractivity contribution >= 4 is 11.8 Å². The summed E-state index contributed by atoms with van der Waals surface area (Å²) in [4.78, 5) is 29.4. The molecule has 0 bridgehead atoms. The number of rotatable bonds is 9. The van der Waals surface area contributed by atoms with Gasteiger partial charge in [0.05, 0.1) is 38.1 Å². The zero-order valence-electron chi connectivity index (χ0n) is 22.8. The van der Waals surface area contributed by atoms with E-state index in [2.05, 4.69) is 5.32 Å². The summed E-state index contributed by atoms with van der Waals surface area (Å²) < 4.78 is 17.7. The van der Waals surface area contributed by atoms with Crippen LogP contribution < -0.4 is 10.1 Å². The molecule has 206 valence electrons. The number of amides is 2. The highest BCUT2D eigenvalue weighted by Gasteiger charge is 2.40. The van der Waals surface area contributed by atoms with Crippen molar-refractivity contribution < 1.29 is 28.9 Å². The first-order valence-corrected chi connectivity index (χ1v) is 13.4. The van der Waals surface area contributed by atoms with E-state index in [9.17, 15) is 14.7 Å². The van der Waals surface area contributed by atoms with Gasteiger partial charge in [-0.15, -0.1) is 0 Å². The topological polar surface area (TPSA) is 97.3 Å². The normalized spacial score (nSPS) is 24.1. The maximum atomic E-state index is 14.0. The Bertz CT molecular complexity index is 1070. The minimum absolute atomic E-state index is 0.0123. The molecule has 4 rings (SSSR count). The third-order valence-corrected chi connectivity index (χ3v) is 7.07. The molecule has 5 atom stereocenters. The van der Waals surface area contributed by atoms with E-state index in [0.717, 1.165) is 25.7 Å². The van der Waals surface area contributed by atoms with Crippen molar-refractivity contribution in [2.24, 2.45) is 0 Å². The molecular formula is C30H40N2O6. The zero-order valence-corrected chi connectivity index (χ0v) is 22.8. The smallest absolute Gasteiger partial charge is 0.254 e. The third-order valence-electron chi connectivity index (χ3n) is 7.07. The first-order chi connectivity index (χ1) is 18.2. The van der Waals surface area contributed by atoms with Crippen LogP contribution in [-0.4, -0.2) is 72.0 Å². The second-order valence-corrected chi connectivity index (χ2v) is 11.2. The molecule has 2 heterocycles. The van der Waals surface area contributed by atoms with E-state index < -0.39 is 11.6 Å². The van der Waals surface area contributed by atoms with Gasteiger partial charge in [0, 0.05) is 17.6 Å². The van der Waals surface area contributed by atoms with Gasteiger partial charge in [-0.1, -0.05) is 30.3 Å². The number of hydrogen-bond acceptors (Lipinski definition) is 6. The van der Waals surface area contributed by atoms with E-state index in [0.29, 0.717) is 16.9 Å². The Morgan fingerprint density at radius 1 is 0.974 bits per heavy atom. The number of ether oxygens (including phenoxy) is 3. The van der Waals surface area contributed by atoms with Crippen molar-refractivity contribution in [1.82, 2.24) is 10.2 Å². The van der Waals surface area contributed by atoms with Gasteiger partial charge in [-0.3, -0.25) is 9.59 Å². The van der Waals surface area contributed by atoms with E-state index in [4.69, 9.17) is 14.2 Å². The fourth-order valence-corrected chi connectivity index (χ4v) is 5.25. The van der Waals surface area contributed by atoms with Gasteiger partial charge in [-0.25, -0.2) is 0 Å². The quantitative estimate of drug-likeness (QED) is 0.517. The van der Waals surface area contributed by atoms with Crippen LogP contribution in [0.25, 0.3) is 0 Å². The monoisotopic (exact) mass is 524 g/mol. The van der Waals surface area contributed by atoms with Gasteiger partial charge < -0.3 is 29.5 Å². The minimum Gasteiger partial charge on any atom is -0.497 e. The lowest BCUT2D eigenvalue weighted by Crippen LogP contribution is -2.51. The van der Waals surface area contributed by atoms with Crippen molar-refractivity contribution in [3.05, 3.63) is 65.7 Å². The van der Waals surface area contributed by atoms with Crippen LogP contribution >= 0.6 is 0 Å². The SMILES string of the molecule is COc1ccc(C(C(=O)NC(C)(C)C)N(C[C@H]2CC[C@@H]([C@@H]3CC[C@H](CO)O3)O2)C(=O)c2ccccc2)cc1. The summed E-state index contributed by atoms with van der Waals surface area (Å²) in [6.07, 6.45) is 2.69. The van der Waals surface area contributed by atoms with E-state index in [1.54, 1.807) is 36.3 Å². The summed E-state index contributed by atoms with van der Waals surface area (Å²) in [5.41, 5.74) is 0.715. The van der Waals surface area contributed by atoms with Crippen LogP contribution in [0.5, 0.6) is 5.75 Å². The molecule has 2 N–H and O–H groups in total. The standard InChI is InChI=1S/C30H40N2O6/c1-30(2,3)31-28(34)27(20-10-12-22(36-4)13-11-20)32(29(35)21-8-6-5-7-9-21)18-23-14-16-25(37-23)26-17-15-24(19-33)38-26/h5-13,23-27,33H,14-19H2,1-4H3,(H,31,34)/t23-,24-,25+,26+,27?/m1/s1. The summed E-state index contributed by atoms with van der Waals surface area (Å²) in [5.74, 6) is 0.177. The molecule has 8 nitrogen and oxygen atoms in total. The van der Waals surface area contributed by atoms with Crippen LogP contribution in [0.3, 0.4) is 0 Å². The predicted molar refractivity (Wildman–Crippen MR) is 144 cm³/mol. The number of nitrogens with one attached hydrogen (secondary N) is 1. The van der Waals surface area contributed by atoms with Gasteiger partial charge in [-0.2, -0.15) is 0 Å². The summed E-state index contributed by atoms with van der Waals surface area (Å²) >= 11 is 0. The molecule has 2 aliphatic heterocycles. The van der Waals surface area contributed by atoms with Crippen LogP contribution in [0.4, 0.5) is 0 Å². The average molecular weight is 525 g/mol.